The monoisotopic (exact) mass is 267 g/mol. The maximum atomic E-state index is 12.1. The molecule has 0 fully saturated rings. The second kappa shape index (κ2) is 7.89. The number of hydrogen-bond acceptors (Lipinski definition) is 4. The van der Waals surface area contributed by atoms with Gasteiger partial charge in [-0.3, -0.25) is 9.48 Å². The van der Waals surface area contributed by atoms with Gasteiger partial charge in [0.05, 0.1) is 5.92 Å². The number of nitrogens with two attached hydrogens (primary N) is 1. The van der Waals surface area contributed by atoms with E-state index in [1.54, 1.807) is 11.0 Å². The molecular weight excluding hydrogens is 242 g/mol. The van der Waals surface area contributed by atoms with E-state index in [4.69, 9.17) is 5.73 Å². The molecule has 1 aromatic rings. The van der Waals surface area contributed by atoms with Crippen LogP contribution in [0.15, 0.2) is 12.7 Å². The fourth-order valence-corrected chi connectivity index (χ4v) is 1.99. The van der Waals surface area contributed by atoms with Crippen LogP contribution in [-0.4, -0.2) is 33.3 Å². The van der Waals surface area contributed by atoms with Gasteiger partial charge in [0.15, 0.2) is 0 Å². The Hall–Kier alpha value is -1.43. The summed E-state index contributed by atoms with van der Waals surface area (Å²) in [5.41, 5.74) is 5.67. The number of aryl methyl sites for hydroxylation is 1. The van der Waals surface area contributed by atoms with Gasteiger partial charge in [-0.05, 0) is 25.7 Å². The molecule has 0 aromatic carbocycles. The van der Waals surface area contributed by atoms with Gasteiger partial charge in [-0.15, -0.1) is 0 Å². The van der Waals surface area contributed by atoms with Crippen molar-refractivity contribution in [3.05, 3.63) is 12.7 Å². The van der Waals surface area contributed by atoms with Crippen molar-refractivity contribution in [2.24, 2.45) is 17.6 Å². The predicted molar refractivity (Wildman–Crippen MR) is 74.2 cm³/mol. The van der Waals surface area contributed by atoms with Crippen molar-refractivity contribution in [2.45, 2.75) is 46.2 Å². The molecule has 108 valence electrons. The highest BCUT2D eigenvalue weighted by molar-refractivity contribution is 5.79. The summed E-state index contributed by atoms with van der Waals surface area (Å²) in [7, 11) is 0. The number of rotatable bonds is 8. The summed E-state index contributed by atoms with van der Waals surface area (Å²) in [6.45, 7) is 7.35. The summed E-state index contributed by atoms with van der Waals surface area (Å²) in [4.78, 5) is 15.9. The molecule has 19 heavy (non-hydrogen) atoms. The third kappa shape index (κ3) is 5.83. The molecule has 0 radical (unpaired) electrons. The first-order valence-electron chi connectivity index (χ1n) is 6.85. The van der Waals surface area contributed by atoms with Crippen molar-refractivity contribution in [3.8, 4) is 0 Å². The zero-order valence-electron chi connectivity index (χ0n) is 12.0. The number of aromatic nitrogens is 3. The summed E-state index contributed by atoms with van der Waals surface area (Å²) < 4.78 is 1.76. The van der Waals surface area contributed by atoms with Crippen LogP contribution >= 0.6 is 0 Å². The Kier molecular flexibility index (Phi) is 6.49. The molecule has 0 aliphatic heterocycles. The molecule has 0 unspecified atom stereocenters. The highest BCUT2D eigenvalue weighted by Gasteiger charge is 2.19. The SMILES string of the molecule is CC(C)C[C@@H](CN)C(=O)N[C@H](C)CCn1cncn1. The third-order valence-corrected chi connectivity index (χ3v) is 3.06. The Morgan fingerprint density at radius 3 is 2.68 bits per heavy atom. The summed E-state index contributed by atoms with van der Waals surface area (Å²) in [5.74, 6) is 0.445. The van der Waals surface area contributed by atoms with Crippen molar-refractivity contribution in [1.29, 1.82) is 0 Å². The van der Waals surface area contributed by atoms with E-state index in [1.807, 2.05) is 6.92 Å². The molecule has 6 heteroatoms. The van der Waals surface area contributed by atoms with E-state index in [0.717, 1.165) is 19.4 Å². The number of carbonyl (C=O) groups is 1. The lowest BCUT2D eigenvalue weighted by atomic mass is 9.96. The van der Waals surface area contributed by atoms with Crippen LogP contribution in [0.25, 0.3) is 0 Å². The molecule has 1 amide bonds. The Morgan fingerprint density at radius 2 is 2.16 bits per heavy atom. The number of amides is 1. The van der Waals surface area contributed by atoms with Crippen LogP contribution in [-0.2, 0) is 11.3 Å². The van der Waals surface area contributed by atoms with E-state index in [2.05, 4.69) is 29.2 Å². The third-order valence-electron chi connectivity index (χ3n) is 3.06. The quantitative estimate of drug-likeness (QED) is 0.729. The minimum absolute atomic E-state index is 0.0577. The normalized spacial score (nSPS) is 14.4. The maximum Gasteiger partial charge on any atom is 0.224 e. The van der Waals surface area contributed by atoms with Crippen LogP contribution in [0.4, 0.5) is 0 Å². The van der Waals surface area contributed by atoms with Crippen LogP contribution in [0.3, 0.4) is 0 Å². The van der Waals surface area contributed by atoms with Crippen molar-refractivity contribution in [2.75, 3.05) is 6.54 Å². The maximum absolute atomic E-state index is 12.1. The van der Waals surface area contributed by atoms with E-state index in [-0.39, 0.29) is 17.9 Å². The summed E-state index contributed by atoms with van der Waals surface area (Å²) >= 11 is 0. The topological polar surface area (TPSA) is 85.8 Å². The molecule has 0 aliphatic carbocycles. The molecule has 0 spiro atoms. The molecule has 0 saturated carbocycles. The molecular formula is C13H25N5O. The Morgan fingerprint density at radius 1 is 1.42 bits per heavy atom. The first kappa shape index (κ1) is 15.6. The summed E-state index contributed by atoms with van der Waals surface area (Å²) in [6.07, 6.45) is 4.85. The van der Waals surface area contributed by atoms with Crippen molar-refractivity contribution >= 4 is 5.91 Å². The van der Waals surface area contributed by atoms with Gasteiger partial charge in [-0.25, -0.2) is 4.98 Å². The standard InChI is InChI=1S/C13H25N5O/c1-10(2)6-12(7-14)13(19)17-11(3)4-5-18-9-15-8-16-18/h8-12H,4-7,14H2,1-3H3,(H,17,19)/t11-,12+/m1/s1. The van der Waals surface area contributed by atoms with Gasteiger partial charge in [-0.1, -0.05) is 13.8 Å². The Labute approximate surface area is 114 Å². The lowest BCUT2D eigenvalue weighted by molar-refractivity contribution is -0.125. The van der Waals surface area contributed by atoms with Crippen LogP contribution in [0.5, 0.6) is 0 Å². The van der Waals surface area contributed by atoms with E-state index >= 15 is 0 Å². The van der Waals surface area contributed by atoms with Crippen LogP contribution in [0.1, 0.15) is 33.6 Å². The molecule has 1 heterocycles. The van der Waals surface area contributed by atoms with Gasteiger partial charge in [-0.2, -0.15) is 5.10 Å². The molecule has 0 saturated heterocycles. The molecule has 3 N–H and O–H groups in total. The number of nitrogens with zero attached hydrogens (tertiary/aromatic N) is 3. The zero-order chi connectivity index (χ0) is 14.3. The highest BCUT2D eigenvalue weighted by Crippen LogP contribution is 2.11. The van der Waals surface area contributed by atoms with E-state index in [9.17, 15) is 4.79 Å². The fraction of sp³-hybridized carbons (Fsp3) is 0.769. The lowest BCUT2D eigenvalue weighted by Gasteiger charge is -2.20. The molecule has 0 bridgehead atoms. The van der Waals surface area contributed by atoms with Gasteiger partial charge in [0.2, 0.25) is 5.91 Å². The second-order valence-electron chi connectivity index (χ2n) is 5.42. The zero-order valence-corrected chi connectivity index (χ0v) is 12.0. The second-order valence-corrected chi connectivity index (χ2v) is 5.42. The van der Waals surface area contributed by atoms with Gasteiger partial charge in [0, 0.05) is 19.1 Å². The van der Waals surface area contributed by atoms with Crippen LogP contribution in [0, 0.1) is 11.8 Å². The van der Waals surface area contributed by atoms with Crippen LogP contribution < -0.4 is 11.1 Å². The first-order valence-corrected chi connectivity index (χ1v) is 6.85. The number of carbonyl (C=O) groups excluding carboxylic acids is 1. The fourth-order valence-electron chi connectivity index (χ4n) is 1.99. The number of hydrogen-bond donors (Lipinski definition) is 2. The van der Waals surface area contributed by atoms with E-state index in [0.29, 0.717) is 12.5 Å². The predicted octanol–water partition coefficient (Wildman–Crippen LogP) is 0.794. The lowest BCUT2D eigenvalue weighted by Crippen LogP contribution is -2.40. The molecule has 1 aromatic heterocycles. The molecule has 1 rings (SSSR count). The van der Waals surface area contributed by atoms with Gasteiger partial charge in [0.25, 0.3) is 0 Å². The minimum atomic E-state index is -0.0891. The minimum Gasteiger partial charge on any atom is -0.353 e. The smallest absolute Gasteiger partial charge is 0.224 e. The Balaban J connectivity index is 2.33. The Bertz CT molecular complexity index is 363. The van der Waals surface area contributed by atoms with Crippen molar-refractivity contribution in [3.63, 3.8) is 0 Å². The molecule has 0 aliphatic rings. The first-order chi connectivity index (χ1) is 9.02. The summed E-state index contributed by atoms with van der Waals surface area (Å²) in [5, 5.41) is 7.05. The van der Waals surface area contributed by atoms with E-state index in [1.165, 1.54) is 6.33 Å². The average Bonchev–Trinajstić information content (AvgIpc) is 2.86. The largest absolute Gasteiger partial charge is 0.353 e. The van der Waals surface area contributed by atoms with Crippen LogP contribution in [0.2, 0.25) is 0 Å². The average molecular weight is 267 g/mol. The van der Waals surface area contributed by atoms with Crippen molar-refractivity contribution < 1.29 is 4.79 Å². The molecule has 2 atom stereocenters. The number of nitrogens with one attached hydrogen (secondary N) is 1. The summed E-state index contributed by atoms with van der Waals surface area (Å²) in [6, 6.07) is 0.109. The van der Waals surface area contributed by atoms with Crippen molar-refractivity contribution in [1.82, 2.24) is 20.1 Å². The van der Waals surface area contributed by atoms with Gasteiger partial charge in [0.1, 0.15) is 12.7 Å². The van der Waals surface area contributed by atoms with Gasteiger partial charge >= 0.3 is 0 Å². The van der Waals surface area contributed by atoms with E-state index < -0.39 is 0 Å². The van der Waals surface area contributed by atoms with Gasteiger partial charge < -0.3 is 11.1 Å². The highest BCUT2D eigenvalue weighted by atomic mass is 16.1. The molecule has 6 nitrogen and oxygen atoms in total.